The van der Waals surface area contributed by atoms with E-state index in [0.29, 0.717) is 26.3 Å². The predicted octanol–water partition coefficient (Wildman–Crippen LogP) is 5.76. The molecule has 0 saturated heterocycles. The molecule has 1 amide bonds. The molecule has 9 heteroatoms. The lowest BCUT2D eigenvalue weighted by molar-refractivity contribution is -0.167. The smallest absolute Gasteiger partial charge is 0.379 e. The molecule has 0 aliphatic heterocycles. The van der Waals surface area contributed by atoms with Gasteiger partial charge < -0.3 is 10.6 Å². The van der Waals surface area contributed by atoms with Crippen molar-refractivity contribution in [1.82, 2.24) is 0 Å². The van der Waals surface area contributed by atoms with Gasteiger partial charge in [0.05, 0.1) is 15.7 Å². The third-order valence-corrected chi connectivity index (χ3v) is 3.73. The molecule has 2 N–H and O–H groups in total. The van der Waals surface area contributed by atoms with Crippen molar-refractivity contribution in [2.75, 3.05) is 10.6 Å². The van der Waals surface area contributed by atoms with E-state index in [1.165, 1.54) is 30.3 Å². The zero-order valence-electron chi connectivity index (χ0n) is 11.8. The average Bonchev–Trinajstić information content (AvgIpc) is 2.45. The summed E-state index contributed by atoms with van der Waals surface area (Å²) in [7, 11) is 0. The number of rotatable bonds is 4. The van der Waals surface area contributed by atoms with E-state index in [1.807, 2.05) is 0 Å². The number of anilines is 2. The molecule has 0 unspecified atom stereocenters. The molecule has 24 heavy (non-hydrogen) atoms. The second kappa shape index (κ2) is 7.51. The van der Waals surface area contributed by atoms with Gasteiger partial charge in [0.1, 0.15) is 0 Å². The van der Waals surface area contributed by atoms with E-state index >= 15 is 0 Å². The van der Waals surface area contributed by atoms with Gasteiger partial charge in [0, 0.05) is 17.3 Å². The molecule has 0 fully saturated rings. The van der Waals surface area contributed by atoms with Crippen LogP contribution < -0.4 is 10.6 Å². The van der Waals surface area contributed by atoms with Crippen LogP contribution in [0.1, 0.15) is 5.56 Å². The molecule has 0 aliphatic rings. The normalized spacial score (nSPS) is 11.2. The molecule has 0 bridgehead atoms. The van der Waals surface area contributed by atoms with Crippen LogP contribution in [0.25, 0.3) is 0 Å². The Balaban J connectivity index is 2.09. The lowest BCUT2D eigenvalue weighted by atomic mass is 10.2. The van der Waals surface area contributed by atoms with Gasteiger partial charge in [-0.2, -0.15) is 13.2 Å². The largest absolute Gasteiger partial charge is 0.471 e. The molecule has 0 saturated carbocycles. The molecule has 3 nitrogen and oxygen atoms in total. The Morgan fingerprint density at radius 2 is 1.67 bits per heavy atom. The van der Waals surface area contributed by atoms with Gasteiger partial charge in [-0.15, -0.1) is 0 Å². The number of carbonyl (C=O) groups excluding carboxylic acids is 1. The molecule has 0 radical (unpaired) electrons. The van der Waals surface area contributed by atoms with Crippen LogP contribution in [0.4, 0.5) is 24.5 Å². The number of amides is 1. The Hall–Kier alpha value is -1.63. The average molecular weight is 398 g/mol. The van der Waals surface area contributed by atoms with Gasteiger partial charge in [0.2, 0.25) is 0 Å². The van der Waals surface area contributed by atoms with Crippen LogP contribution in [0, 0.1) is 0 Å². The number of halogens is 6. The van der Waals surface area contributed by atoms with Gasteiger partial charge in [0.15, 0.2) is 0 Å². The summed E-state index contributed by atoms with van der Waals surface area (Å²) in [5.41, 5.74) is 1.11. The van der Waals surface area contributed by atoms with Crippen molar-refractivity contribution in [3.05, 3.63) is 57.0 Å². The fraction of sp³-hybridized carbons (Fsp3) is 0.133. The first kappa shape index (κ1) is 18.7. The molecule has 2 aromatic rings. The van der Waals surface area contributed by atoms with Crippen LogP contribution in [0.5, 0.6) is 0 Å². The van der Waals surface area contributed by atoms with Crippen LogP contribution in [-0.4, -0.2) is 12.1 Å². The summed E-state index contributed by atoms with van der Waals surface area (Å²) in [5, 5.41) is 5.78. The molecule has 0 aliphatic carbocycles. The van der Waals surface area contributed by atoms with Crippen molar-refractivity contribution in [2.24, 2.45) is 0 Å². The Morgan fingerprint density at radius 3 is 2.25 bits per heavy atom. The van der Waals surface area contributed by atoms with Crippen molar-refractivity contribution < 1.29 is 18.0 Å². The molecule has 2 rings (SSSR count). The summed E-state index contributed by atoms with van der Waals surface area (Å²) in [4.78, 5) is 10.9. The molecule has 0 heterocycles. The highest BCUT2D eigenvalue weighted by Crippen LogP contribution is 2.34. The van der Waals surface area contributed by atoms with E-state index in [1.54, 1.807) is 11.4 Å². The van der Waals surface area contributed by atoms with Crippen LogP contribution in [0.3, 0.4) is 0 Å². The maximum absolute atomic E-state index is 12.3. The SMILES string of the molecule is O=C(Nc1cccc(CNc2c(Cl)cc(Cl)cc2Cl)c1)C(F)(F)F. The lowest BCUT2D eigenvalue weighted by Gasteiger charge is -2.12. The Labute approximate surface area is 150 Å². The van der Waals surface area contributed by atoms with Crippen LogP contribution in [0.15, 0.2) is 36.4 Å². The zero-order chi connectivity index (χ0) is 17.9. The fourth-order valence-electron chi connectivity index (χ4n) is 1.86. The van der Waals surface area contributed by atoms with Gasteiger partial charge in [-0.3, -0.25) is 4.79 Å². The maximum Gasteiger partial charge on any atom is 0.471 e. The molecular formula is C15H10Cl3F3N2O. The van der Waals surface area contributed by atoms with Gasteiger partial charge in [0.25, 0.3) is 0 Å². The highest BCUT2D eigenvalue weighted by atomic mass is 35.5. The van der Waals surface area contributed by atoms with E-state index in [9.17, 15) is 18.0 Å². The first-order valence-corrected chi connectivity index (χ1v) is 7.66. The summed E-state index contributed by atoms with van der Waals surface area (Å²) in [6.07, 6.45) is -4.95. The number of benzene rings is 2. The fourth-order valence-corrected chi connectivity index (χ4v) is 2.81. The Bertz CT molecular complexity index is 743. The van der Waals surface area contributed by atoms with Crippen molar-refractivity contribution in [3.63, 3.8) is 0 Å². The van der Waals surface area contributed by atoms with Crippen LogP contribution in [0.2, 0.25) is 15.1 Å². The second-order valence-corrected chi connectivity index (χ2v) is 6.00. The molecule has 128 valence electrons. The third-order valence-electron chi connectivity index (χ3n) is 2.92. The monoisotopic (exact) mass is 396 g/mol. The van der Waals surface area contributed by atoms with E-state index < -0.39 is 12.1 Å². The minimum Gasteiger partial charge on any atom is -0.379 e. The molecular weight excluding hydrogens is 388 g/mol. The topological polar surface area (TPSA) is 41.1 Å². The first-order chi connectivity index (χ1) is 11.2. The number of hydrogen-bond donors (Lipinski definition) is 2. The second-order valence-electron chi connectivity index (χ2n) is 4.75. The predicted molar refractivity (Wildman–Crippen MR) is 89.9 cm³/mol. The Kier molecular flexibility index (Phi) is 5.85. The van der Waals surface area contributed by atoms with Gasteiger partial charge in [-0.05, 0) is 29.8 Å². The number of alkyl halides is 3. The van der Waals surface area contributed by atoms with Crippen LogP contribution in [-0.2, 0) is 11.3 Å². The number of hydrogen-bond acceptors (Lipinski definition) is 2. The van der Waals surface area contributed by atoms with Gasteiger partial charge >= 0.3 is 12.1 Å². The minimum absolute atomic E-state index is 0.0323. The zero-order valence-corrected chi connectivity index (χ0v) is 14.1. The molecule has 0 spiro atoms. The molecule has 0 aromatic heterocycles. The minimum atomic E-state index is -4.95. The van der Waals surface area contributed by atoms with Crippen molar-refractivity contribution >= 4 is 52.1 Å². The van der Waals surface area contributed by atoms with Crippen molar-refractivity contribution in [1.29, 1.82) is 0 Å². The highest BCUT2D eigenvalue weighted by molar-refractivity contribution is 6.41. The standard InChI is InChI=1S/C15H10Cl3F3N2O/c16-9-5-11(17)13(12(18)6-9)22-7-8-2-1-3-10(4-8)23-14(24)15(19,20)21/h1-6,22H,7H2,(H,23,24). The molecule has 2 aromatic carbocycles. The summed E-state index contributed by atoms with van der Waals surface area (Å²) >= 11 is 17.9. The number of carbonyl (C=O) groups is 1. The maximum atomic E-state index is 12.3. The Morgan fingerprint density at radius 1 is 1.04 bits per heavy atom. The van der Waals surface area contributed by atoms with Crippen LogP contribution >= 0.6 is 34.8 Å². The third kappa shape index (κ3) is 4.93. The summed E-state index contributed by atoms with van der Waals surface area (Å²) in [5.74, 6) is -2.03. The van der Waals surface area contributed by atoms with E-state index in [2.05, 4.69) is 5.32 Å². The van der Waals surface area contributed by atoms with Gasteiger partial charge in [-0.1, -0.05) is 46.9 Å². The van der Waals surface area contributed by atoms with E-state index in [0.717, 1.165) is 0 Å². The quantitative estimate of drug-likeness (QED) is 0.689. The van der Waals surface area contributed by atoms with Crippen molar-refractivity contribution in [3.8, 4) is 0 Å². The number of nitrogens with one attached hydrogen (secondary N) is 2. The van der Waals surface area contributed by atoms with E-state index in [4.69, 9.17) is 34.8 Å². The summed E-state index contributed by atoms with van der Waals surface area (Å²) < 4.78 is 36.8. The summed E-state index contributed by atoms with van der Waals surface area (Å²) in [6, 6.07) is 8.99. The van der Waals surface area contributed by atoms with Gasteiger partial charge in [-0.25, -0.2) is 0 Å². The lowest BCUT2D eigenvalue weighted by Crippen LogP contribution is -2.29. The first-order valence-electron chi connectivity index (χ1n) is 6.52. The molecule has 0 atom stereocenters. The van der Waals surface area contributed by atoms with E-state index in [-0.39, 0.29) is 12.2 Å². The summed E-state index contributed by atoms with van der Waals surface area (Å²) in [6.45, 7) is 0.233. The highest BCUT2D eigenvalue weighted by Gasteiger charge is 2.38. The van der Waals surface area contributed by atoms with Crippen molar-refractivity contribution in [2.45, 2.75) is 12.7 Å².